The number of nitrogens with one attached hydrogen (secondary N) is 1. The van der Waals surface area contributed by atoms with Crippen molar-refractivity contribution in [2.45, 2.75) is 25.3 Å². The Balaban J connectivity index is 1.53. The van der Waals surface area contributed by atoms with E-state index in [1.54, 1.807) is 12.4 Å². The second-order valence-corrected chi connectivity index (χ2v) is 6.22. The van der Waals surface area contributed by atoms with E-state index in [0.29, 0.717) is 12.5 Å². The van der Waals surface area contributed by atoms with Gasteiger partial charge in [-0.2, -0.15) is 5.10 Å². The lowest BCUT2D eigenvalue weighted by Crippen LogP contribution is -2.43. The van der Waals surface area contributed by atoms with E-state index in [2.05, 4.69) is 15.2 Å². The summed E-state index contributed by atoms with van der Waals surface area (Å²) >= 11 is 0. The van der Waals surface area contributed by atoms with Gasteiger partial charge in [0, 0.05) is 49.8 Å². The van der Waals surface area contributed by atoms with Crippen molar-refractivity contribution in [2.24, 2.45) is 0 Å². The lowest BCUT2D eigenvalue weighted by molar-refractivity contribution is -0.133. The van der Waals surface area contributed by atoms with E-state index in [9.17, 15) is 4.79 Å². The van der Waals surface area contributed by atoms with E-state index in [1.807, 2.05) is 41.2 Å². The highest BCUT2D eigenvalue weighted by molar-refractivity contribution is 5.78. The second-order valence-electron chi connectivity index (χ2n) is 6.22. The number of rotatable bonds is 5. The van der Waals surface area contributed by atoms with Crippen molar-refractivity contribution in [1.82, 2.24) is 25.0 Å². The minimum Gasteiger partial charge on any atom is -0.341 e. The summed E-state index contributed by atoms with van der Waals surface area (Å²) in [6.07, 6.45) is 7.53. The van der Waals surface area contributed by atoms with Gasteiger partial charge in [0.2, 0.25) is 5.91 Å². The predicted octanol–water partition coefficient (Wildman–Crippen LogP) is 1.64. The number of H-pyrrole nitrogens is 1. The number of carbonyl (C=O) groups excluding carboxylic acids is 1. The molecule has 0 spiro atoms. The largest absolute Gasteiger partial charge is 0.341 e. The highest BCUT2D eigenvalue weighted by Gasteiger charge is 2.25. The molecule has 1 unspecified atom stereocenters. The van der Waals surface area contributed by atoms with Crippen LogP contribution >= 0.6 is 0 Å². The van der Waals surface area contributed by atoms with Crippen LogP contribution in [-0.2, 0) is 11.3 Å². The Bertz CT molecular complexity index is 613. The van der Waals surface area contributed by atoms with Crippen LogP contribution in [0.3, 0.4) is 0 Å². The van der Waals surface area contributed by atoms with E-state index in [4.69, 9.17) is 0 Å². The lowest BCUT2D eigenvalue weighted by Gasteiger charge is -2.33. The van der Waals surface area contributed by atoms with Crippen LogP contribution in [0.2, 0.25) is 0 Å². The first-order valence-electron chi connectivity index (χ1n) is 8.07. The minimum atomic E-state index is 0.195. The minimum absolute atomic E-state index is 0.195. The molecule has 23 heavy (non-hydrogen) atoms. The number of pyridine rings is 1. The molecule has 3 rings (SSSR count). The summed E-state index contributed by atoms with van der Waals surface area (Å²) in [5.41, 5.74) is 2.25. The van der Waals surface area contributed by atoms with Crippen molar-refractivity contribution in [1.29, 1.82) is 0 Å². The zero-order chi connectivity index (χ0) is 16.1. The van der Waals surface area contributed by atoms with Gasteiger partial charge in [0.1, 0.15) is 0 Å². The standard InChI is InChI=1S/C17H23N5O/c1-21(11-14-4-2-7-18-10-14)13-17(23)22-9-3-5-15(12-22)16-6-8-19-20-16/h2,4,6-8,10,15H,3,5,9,11-13H2,1H3,(H,19,20). The summed E-state index contributed by atoms with van der Waals surface area (Å²) in [4.78, 5) is 20.7. The number of piperidine rings is 1. The molecule has 1 aliphatic heterocycles. The van der Waals surface area contributed by atoms with E-state index < -0.39 is 0 Å². The molecule has 1 atom stereocenters. The third kappa shape index (κ3) is 4.16. The number of carbonyl (C=O) groups is 1. The first-order valence-corrected chi connectivity index (χ1v) is 8.07. The summed E-state index contributed by atoms with van der Waals surface area (Å²) in [5, 5.41) is 7.05. The van der Waals surface area contributed by atoms with Crippen molar-refractivity contribution in [3.63, 3.8) is 0 Å². The Labute approximate surface area is 136 Å². The van der Waals surface area contributed by atoms with Crippen LogP contribution in [-0.4, -0.2) is 57.6 Å². The highest BCUT2D eigenvalue weighted by Crippen LogP contribution is 2.25. The van der Waals surface area contributed by atoms with Crippen molar-refractivity contribution in [3.8, 4) is 0 Å². The van der Waals surface area contributed by atoms with Crippen LogP contribution in [0.15, 0.2) is 36.8 Å². The average molecular weight is 313 g/mol. The Morgan fingerprint density at radius 2 is 2.35 bits per heavy atom. The molecule has 2 aromatic heterocycles. The van der Waals surface area contributed by atoms with Crippen molar-refractivity contribution >= 4 is 5.91 Å². The lowest BCUT2D eigenvalue weighted by atomic mass is 9.95. The van der Waals surface area contributed by atoms with Crippen molar-refractivity contribution in [2.75, 3.05) is 26.7 Å². The van der Waals surface area contributed by atoms with Crippen LogP contribution in [0.4, 0.5) is 0 Å². The molecule has 1 fully saturated rings. The van der Waals surface area contributed by atoms with Gasteiger partial charge in [-0.05, 0) is 37.6 Å². The van der Waals surface area contributed by atoms with Gasteiger partial charge in [0.25, 0.3) is 0 Å². The zero-order valence-electron chi connectivity index (χ0n) is 13.5. The Morgan fingerprint density at radius 3 is 3.09 bits per heavy atom. The van der Waals surface area contributed by atoms with E-state index in [0.717, 1.165) is 43.7 Å². The summed E-state index contributed by atoms with van der Waals surface area (Å²) in [7, 11) is 1.97. The van der Waals surface area contributed by atoms with Crippen LogP contribution in [0.1, 0.15) is 30.0 Å². The van der Waals surface area contributed by atoms with Crippen LogP contribution in [0.5, 0.6) is 0 Å². The molecule has 0 radical (unpaired) electrons. The fourth-order valence-corrected chi connectivity index (χ4v) is 3.14. The van der Waals surface area contributed by atoms with Gasteiger partial charge in [-0.3, -0.25) is 19.8 Å². The number of likely N-dealkylation sites (N-methyl/N-ethyl adjacent to an activating group) is 1. The molecule has 3 heterocycles. The predicted molar refractivity (Wildman–Crippen MR) is 87.7 cm³/mol. The highest BCUT2D eigenvalue weighted by atomic mass is 16.2. The molecule has 0 saturated carbocycles. The maximum atomic E-state index is 12.6. The normalized spacial score (nSPS) is 18.3. The quantitative estimate of drug-likeness (QED) is 0.911. The molecule has 6 heteroatoms. The number of hydrogen-bond donors (Lipinski definition) is 1. The molecule has 122 valence electrons. The molecule has 0 aliphatic carbocycles. The van der Waals surface area contributed by atoms with Gasteiger partial charge in [-0.25, -0.2) is 0 Å². The number of aromatic amines is 1. The number of hydrogen-bond acceptors (Lipinski definition) is 4. The van der Waals surface area contributed by atoms with Gasteiger partial charge in [-0.1, -0.05) is 6.07 Å². The van der Waals surface area contributed by atoms with Gasteiger partial charge in [-0.15, -0.1) is 0 Å². The van der Waals surface area contributed by atoms with Crippen LogP contribution < -0.4 is 0 Å². The molecule has 2 aromatic rings. The third-order valence-corrected chi connectivity index (χ3v) is 4.32. The van der Waals surface area contributed by atoms with Gasteiger partial charge in [0.15, 0.2) is 0 Å². The van der Waals surface area contributed by atoms with Gasteiger partial charge < -0.3 is 4.90 Å². The van der Waals surface area contributed by atoms with E-state index in [1.165, 1.54) is 0 Å². The summed E-state index contributed by atoms with van der Waals surface area (Å²) < 4.78 is 0. The molecule has 0 bridgehead atoms. The fraction of sp³-hybridized carbons (Fsp3) is 0.471. The maximum Gasteiger partial charge on any atom is 0.236 e. The van der Waals surface area contributed by atoms with E-state index >= 15 is 0 Å². The molecule has 6 nitrogen and oxygen atoms in total. The summed E-state index contributed by atoms with van der Waals surface area (Å²) in [5.74, 6) is 0.569. The van der Waals surface area contributed by atoms with E-state index in [-0.39, 0.29) is 5.91 Å². The number of nitrogens with zero attached hydrogens (tertiary/aromatic N) is 4. The molecular formula is C17H23N5O. The smallest absolute Gasteiger partial charge is 0.236 e. The molecule has 1 aliphatic rings. The molecule has 1 saturated heterocycles. The second kappa shape index (κ2) is 7.37. The first-order chi connectivity index (χ1) is 11.2. The summed E-state index contributed by atoms with van der Waals surface area (Å²) in [6.45, 7) is 2.80. The Morgan fingerprint density at radius 1 is 1.43 bits per heavy atom. The average Bonchev–Trinajstić information content (AvgIpc) is 3.10. The number of aromatic nitrogens is 3. The zero-order valence-corrected chi connectivity index (χ0v) is 13.5. The van der Waals surface area contributed by atoms with Crippen LogP contribution in [0.25, 0.3) is 0 Å². The topological polar surface area (TPSA) is 65.1 Å². The Kier molecular flexibility index (Phi) is 5.02. The first kappa shape index (κ1) is 15.7. The summed E-state index contributed by atoms with van der Waals surface area (Å²) in [6, 6.07) is 5.96. The monoisotopic (exact) mass is 313 g/mol. The number of likely N-dealkylation sites (tertiary alicyclic amines) is 1. The SMILES string of the molecule is CN(CC(=O)N1CCCC(c2ccn[nH]2)C1)Cc1cccnc1. The van der Waals surface area contributed by atoms with Gasteiger partial charge >= 0.3 is 0 Å². The van der Waals surface area contributed by atoms with Gasteiger partial charge in [0.05, 0.1) is 6.54 Å². The number of amides is 1. The molecule has 1 amide bonds. The Hall–Kier alpha value is -2.21. The maximum absolute atomic E-state index is 12.6. The van der Waals surface area contributed by atoms with Crippen LogP contribution in [0, 0.1) is 0 Å². The molecule has 0 aromatic carbocycles. The third-order valence-electron chi connectivity index (χ3n) is 4.32. The van der Waals surface area contributed by atoms with Crippen molar-refractivity contribution < 1.29 is 4.79 Å². The van der Waals surface area contributed by atoms with Crippen molar-refractivity contribution in [3.05, 3.63) is 48.0 Å². The molecule has 1 N–H and O–H groups in total. The molecular weight excluding hydrogens is 290 g/mol. The fourth-order valence-electron chi connectivity index (χ4n) is 3.14.